The number of carboxylic acid groups (broad SMARTS) is 1. The van der Waals surface area contributed by atoms with Gasteiger partial charge in [0.1, 0.15) is 0 Å². The molecule has 1 aliphatic heterocycles. The van der Waals surface area contributed by atoms with E-state index in [1.54, 1.807) is 0 Å². The standard InChI is InChI=1S/C26H37O5Si/c1-8-18-15(2)21-22(24(29)30-25(21)31-32(6)7)23(26(3,4)5)19(18)13-12-16-10-9-11-17(16)14-20(27)28/h12,17,25H,8-11,13-14H2,1-7H3,(H,27,28)/t17-,25?/m0/s1. The van der Waals surface area contributed by atoms with E-state index < -0.39 is 21.3 Å². The van der Waals surface area contributed by atoms with Crippen molar-refractivity contribution >= 4 is 21.0 Å². The van der Waals surface area contributed by atoms with Crippen LogP contribution in [-0.4, -0.2) is 26.1 Å². The first-order valence-corrected chi connectivity index (χ1v) is 14.1. The lowest BCUT2D eigenvalue weighted by molar-refractivity contribution is -0.137. The highest BCUT2D eigenvalue weighted by Crippen LogP contribution is 2.45. The fraction of sp³-hybridized carbons (Fsp3) is 0.615. The van der Waals surface area contributed by atoms with Gasteiger partial charge in [0.15, 0.2) is 0 Å². The Kier molecular flexibility index (Phi) is 7.35. The number of allylic oxidation sites excluding steroid dienone is 2. The maximum Gasteiger partial charge on any atom is 0.341 e. The quantitative estimate of drug-likeness (QED) is 0.307. The minimum Gasteiger partial charge on any atom is -0.481 e. The number of carbonyl (C=O) groups excluding carboxylic acids is 1. The van der Waals surface area contributed by atoms with Crippen LogP contribution < -0.4 is 0 Å². The summed E-state index contributed by atoms with van der Waals surface area (Å²) >= 11 is 0. The Morgan fingerprint density at radius 3 is 2.53 bits per heavy atom. The fourth-order valence-corrected chi connectivity index (χ4v) is 6.05. The van der Waals surface area contributed by atoms with E-state index in [4.69, 9.17) is 9.16 Å². The molecule has 0 bridgehead atoms. The van der Waals surface area contributed by atoms with Crippen molar-refractivity contribution in [2.24, 2.45) is 5.92 Å². The third-order valence-electron chi connectivity index (χ3n) is 6.67. The maximum atomic E-state index is 13.1. The summed E-state index contributed by atoms with van der Waals surface area (Å²) in [6.45, 7) is 14.8. The first kappa shape index (κ1) is 24.7. The Hall–Kier alpha value is -1.92. The van der Waals surface area contributed by atoms with Gasteiger partial charge < -0.3 is 14.3 Å². The van der Waals surface area contributed by atoms with Crippen LogP contribution in [-0.2, 0) is 32.2 Å². The minimum atomic E-state index is -1.05. The summed E-state index contributed by atoms with van der Waals surface area (Å²) in [5.74, 6) is -0.895. The molecule has 1 N–H and O–H groups in total. The lowest BCUT2D eigenvalue weighted by Gasteiger charge is -2.29. The summed E-state index contributed by atoms with van der Waals surface area (Å²) < 4.78 is 11.8. The van der Waals surface area contributed by atoms with Crippen LogP contribution in [0.15, 0.2) is 11.6 Å². The molecule has 1 saturated carbocycles. The second-order valence-electron chi connectivity index (χ2n) is 10.3. The van der Waals surface area contributed by atoms with Crippen molar-refractivity contribution in [3.63, 3.8) is 0 Å². The molecule has 2 atom stereocenters. The summed E-state index contributed by atoms with van der Waals surface area (Å²) in [5, 5.41) is 9.28. The van der Waals surface area contributed by atoms with Gasteiger partial charge in [-0.3, -0.25) is 4.79 Å². The Morgan fingerprint density at radius 1 is 1.28 bits per heavy atom. The molecule has 0 spiro atoms. The van der Waals surface area contributed by atoms with Gasteiger partial charge in [-0.15, -0.1) is 0 Å². The third kappa shape index (κ3) is 4.86. The summed E-state index contributed by atoms with van der Waals surface area (Å²) in [7, 11) is -1.05. The number of aliphatic carboxylic acids is 1. The van der Waals surface area contributed by atoms with E-state index in [1.165, 1.54) is 16.7 Å². The maximum absolute atomic E-state index is 13.1. The second-order valence-corrected chi connectivity index (χ2v) is 12.3. The van der Waals surface area contributed by atoms with Crippen LogP contribution in [0.2, 0.25) is 13.1 Å². The van der Waals surface area contributed by atoms with Crippen molar-refractivity contribution in [2.75, 3.05) is 0 Å². The van der Waals surface area contributed by atoms with E-state index in [0.717, 1.165) is 42.4 Å². The molecule has 0 aromatic heterocycles. The molecule has 1 aromatic carbocycles. The van der Waals surface area contributed by atoms with Crippen molar-refractivity contribution in [2.45, 2.75) is 97.9 Å². The molecule has 5 nitrogen and oxygen atoms in total. The zero-order valence-corrected chi connectivity index (χ0v) is 21.6. The molecule has 0 saturated heterocycles. The Labute approximate surface area is 193 Å². The van der Waals surface area contributed by atoms with Gasteiger partial charge in [0.05, 0.1) is 12.0 Å². The van der Waals surface area contributed by atoms with Crippen LogP contribution in [0.5, 0.6) is 0 Å². The number of ether oxygens (including phenoxy) is 1. The van der Waals surface area contributed by atoms with Crippen molar-refractivity contribution < 1.29 is 23.9 Å². The highest BCUT2D eigenvalue weighted by atomic mass is 28.3. The number of carboxylic acids is 1. The van der Waals surface area contributed by atoms with Crippen molar-refractivity contribution in [3.05, 3.63) is 45.0 Å². The molecule has 1 aromatic rings. The Morgan fingerprint density at radius 2 is 1.97 bits per heavy atom. The lowest BCUT2D eigenvalue weighted by atomic mass is 9.74. The fourth-order valence-electron chi connectivity index (χ4n) is 5.45. The average molecular weight is 458 g/mol. The molecule has 1 heterocycles. The molecule has 1 radical (unpaired) electrons. The molecule has 1 unspecified atom stereocenters. The smallest absolute Gasteiger partial charge is 0.341 e. The van der Waals surface area contributed by atoms with Crippen LogP contribution in [0.25, 0.3) is 0 Å². The number of hydrogen-bond donors (Lipinski definition) is 1. The molecular weight excluding hydrogens is 420 g/mol. The van der Waals surface area contributed by atoms with Gasteiger partial charge in [0.2, 0.25) is 15.3 Å². The van der Waals surface area contributed by atoms with Crippen LogP contribution in [0.4, 0.5) is 0 Å². The van der Waals surface area contributed by atoms with Gasteiger partial charge >= 0.3 is 11.9 Å². The monoisotopic (exact) mass is 457 g/mol. The van der Waals surface area contributed by atoms with E-state index in [9.17, 15) is 14.7 Å². The second kappa shape index (κ2) is 9.52. The molecule has 1 fully saturated rings. The molecule has 3 rings (SSSR count). The van der Waals surface area contributed by atoms with E-state index in [0.29, 0.717) is 12.0 Å². The number of hydrogen-bond acceptors (Lipinski definition) is 4. The van der Waals surface area contributed by atoms with Crippen LogP contribution in [0, 0.1) is 12.8 Å². The summed E-state index contributed by atoms with van der Waals surface area (Å²) in [5.41, 5.74) is 7.19. The highest BCUT2D eigenvalue weighted by Gasteiger charge is 2.41. The lowest BCUT2D eigenvalue weighted by Crippen LogP contribution is -2.22. The van der Waals surface area contributed by atoms with Crippen LogP contribution >= 0.6 is 0 Å². The number of fused-ring (bicyclic) bond motifs is 1. The predicted octanol–water partition coefficient (Wildman–Crippen LogP) is 6.04. The van der Waals surface area contributed by atoms with Gasteiger partial charge in [-0.2, -0.15) is 0 Å². The first-order valence-electron chi connectivity index (χ1n) is 11.7. The zero-order valence-electron chi connectivity index (χ0n) is 20.6. The van der Waals surface area contributed by atoms with Gasteiger partial charge in [-0.1, -0.05) is 39.3 Å². The van der Waals surface area contributed by atoms with Gasteiger partial charge in [-0.25, -0.2) is 4.79 Å². The molecule has 1 aliphatic carbocycles. The number of rotatable bonds is 7. The van der Waals surface area contributed by atoms with Gasteiger partial charge in [0, 0.05) is 5.56 Å². The molecule has 2 aliphatic rings. The van der Waals surface area contributed by atoms with Crippen molar-refractivity contribution in [1.82, 2.24) is 0 Å². The largest absolute Gasteiger partial charge is 0.481 e. The summed E-state index contributed by atoms with van der Waals surface area (Å²) in [6, 6.07) is 0. The van der Waals surface area contributed by atoms with Crippen molar-refractivity contribution in [3.8, 4) is 0 Å². The molecular formula is C26H37O5Si. The summed E-state index contributed by atoms with van der Waals surface area (Å²) in [4.78, 5) is 24.4. The number of cyclic esters (lactones) is 1. The van der Waals surface area contributed by atoms with Crippen molar-refractivity contribution in [1.29, 1.82) is 0 Å². The van der Waals surface area contributed by atoms with E-state index in [-0.39, 0.29) is 23.7 Å². The first-order chi connectivity index (χ1) is 15.0. The van der Waals surface area contributed by atoms with E-state index >= 15 is 0 Å². The summed E-state index contributed by atoms with van der Waals surface area (Å²) in [6.07, 6.45) is 6.34. The van der Waals surface area contributed by atoms with Crippen LogP contribution in [0.1, 0.15) is 97.8 Å². The SMILES string of the molecule is CCc1c(C)c2c(c(C(C)(C)C)c1CC=C1CCC[C@H]1CC(=O)O)C(=O)OC2O[Si](C)C. The molecule has 0 amide bonds. The Bertz CT molecular complexity index is 939. The number of benzene rings is 1. The third-order valence-corrected chi connectivity index (χ3v) is 7.36. The highest BCUT2D eigenvalue weighted by molar-refractivity contribution is 6.48. The van der Waals surface area contributed by atoms with Gasteiger partial charge in [-0.05, 0) is 85.7 Å². The molecule has 175 valence electrons. The number of carbonyl (C=O) groups is 2. The molecule has 6 heteroatoms. The molecule has 32 heavy (non-hydrogen) atoms. The normalized spacial score (nSPS) is 22.0. The van der Waals surface area contributed by atoms with E-state index in [1.807, 2.05) is 13.1 Å². The predicted molar refractivity (Wildman–Crippen MR) is 127 cm³/mol. The van der Waals surface area contributed by atoms with Gasteiger partial charge in [0.25, 0.3) is 0 Å². The topological polar surface area (TPSA) is 72.8 Å². The van der Waals surface area contributed by atoms with E-state index in [2.05, 4.69) is 40.7 Å². The number of esters is 1. The minimum absolute atomic E-state index is 0.128. The zero-order chi connectivity index (χ0) is 23.8. The Balaban J connectivity index is 2.16. The average Bonchev–Trinajstić information content (AvgIpc) is 3.22. The van der Waals surface area contributed by atoms with Crippen LogP contribution in [0.3, 0.4) is 0 Å².